The predicted octanol–water partition coefficient (Wildman–Crippen LogP) is 5.12. The number of nitrogens with zero attached hydrogens (tertiary/aromatic N) is 3. The van der Waals surface area contributed by atoms with Gasteiger partial charge in [-0.1, -0.05) is 37.2 Å². The maximum absolute atomic E-state index is 12.8. The molecule has 0 spiro atoms. The van der Waals surface area contributed by atoms with Crippen molar-refractivity contribution in [2.24, 2.45) is 0 Å². The van der Waals surface area contributed by atoms with Gasteiger partial charge in [0.05, 0.1) is 9.90 Å². The summed E-state index contributed by atoms with van der Waals surface area (Å²) in [5.41, 5.74) is 7.04. The highest BCUT2D eigenvalue weighted by Gasteiger charge is 2.18. The Morgan fingerprint density at radius 3 is 2.87 bits per heavy atom. The molecule has 2 aromatic heterocycles. The average molecular weight is 459 g/mol. The molecular formula is C24H31ClN4OS. The van der Waals surface area contributed by atoms with Crippen molar-refractivity contribution in [3.8, 4) is 0 Å². The topological polar surface area (TPSA) is 62.5 Å². The number of halogens is 1. The fourth-order valence-electron chi connectivity index (χ4n) is 3.90. The fourth-order valence-corrected chi connectivity index (χ4v) is 5.31. The van der Waals surface area contributed by atoms with Crippen LogP contribution in [-0.4, -0.2) is 53.8 Å². The highest BCUT2D eigenvalue weighted by atomic mass is 35.5. The summed E-state index contributed by atoms with van der Waals surface area (Å²) in [6.07, 6.45) is 4.04. The van der Waals surface area contributed by atoms with Crippen molar-refractivity contribution in [3.63, 3.8) is 0 Å². The average Bonchev–Trinajstić information content (AvgIpc) is 2.97. The first-order chi connectivity index (χ1) is 14.5. The summed E-state index contributed by atoms with van der Waals surface area (Å²) in [7, 11) is 2.17. The molecular weight excluding hydrogens is 428 g/mol. The van der Waals surface area contributed by atoms with Crippen molar-refractivity contribution < 1.29 is 4.79 Å². The third kappa shape index (κ3) is 5.83. The Balaban J connectivity index is 0.00000272. The summed E-state index contributed by atoms with van der Waals surface area (Å²) >= 11 is 8.03. The van der Waals surface area contributed by atoms with Crippen LogP contribution in [0.1, 0.15) is 40.4 Å². The van der Waals surface area contributed by atoms with Crippen LogP contribution in [0.3, 0.4) is 0 Å². The zero-order chi connectivity index (χ0) is 21.1. The number of benzene rings is 1. The molecule has 0 saturated carbocycles. The lowest BCUT2D eigenvalue weighted by Crippen LogP contribution is -2.28. The zero-order valence-corrected chi connectivity index (χ0v) is 18.8. The Morgan fingerprint density at radius 2 is 2.03 bits per heavy atom. The van der Waals surface area contributed by atoms with E-state index in [1.165, 1.54) is 6.42 Å². The summed E-state index contributed by atoms with van der Waals surface area (Å²) in [4.78, 5) is 23.6. The first kappa shape index (κ1) is 23.7. The van der Waals surface area contributed by atoms with Crippen LogP contribution in [0.15, 0.2) is 36.5 Å². The zero-order valence-electron chi connectivity index (χ0n) is 17.2. The predicted molar refractivity (Wildman–Crippen MR) is 132 cm³/mol. The molecule has 7 heteroatoms. The number of pyridine rings is 1. The molecule has 0 unspecified atom stereocenters. The molecule has 4 rings (SSSR count). The second-order valence-corrected chi connectivity index (χ2v) is 9.53. The normalized spacial score (nSPS) is 15.5. The van der Waals surface area contributed by atoms with Gasteiger partial charge in [0, 0.05) is 42.5 Å². The number of fused-ring (bicyclic) bond motifs is 1. The third-order valence-corrected chi connectivity index (χ3v) is 7.32. The van der Waals surface area contributed by atoms with E-state index in [0.29, 0.717) is 18.7 Å². The number of ketones is 1. The van der Waals surface area contributed by atoms with Gasteiger partial charge >= 0.3 is 0 Å². The number of carbonyl (C=O) groups excluding carboxylic acids is 1. The van der Waals surface area contributed by atoms with Gasteiger partial charge in [-0.3, -0.25) is 9.69 Å². The molecule has 3 aromatic rings. The van der Waals surface area contributed by atoms with Crippen LogP contribution in [0.4, 0.5) is 5.82 Å². The summed E-state index contributed by atoms with van der Waals surface area (Å²) in [6.45, 7) is 5.14. The third-order valence-electron chi connectivity index (χ3n) is 5.71. The van der Waals surface area contributed by atoms with E-state index < -0.39 is 0 Å². The number of aryl methyl sites for hydroxylation is 1. The number of likely N-dealkylation sites (N-methyl/N-ethyl adjacent to an activating group) is 1. The molecule has 3 heterocycles. The van der Waals surface area contributed by atoms with E-state index in [0.717, 1.165) is 63.8 Å². The van der Waals surface area contributed by atoms with E-state index in [2.05, 4.69) is 27.9 Å². The van der Waals surface area contributed by atoms with Crippen molar-refractivity contribution in [2.75, 3.05) is 39.0 Å². The summed E-state index contributed by atoms with van der Waals surface area (Å²) in [5.74, 6) is 0.685. The minimum atomic E-state index is 0. The first-order valence-corrected chi connectivity index (χ1v) is 11.5. The molecule has 0 bridgehead atoms. The highest BCUT2D eigenvalue weighted by molar-refractivity contribution is 7.14. The number of carbonyl (C=O) groups is 1. The Hall–Kier alpha value is -1.99. The van der Waals surface area contributed by atoms with E-state index in [9.17, 15) is 4.79 Å². The molecule has 0 amide bonds. The fraction of sp³-hybridized carbons (Fsp3) is 0.417. The molecule has 1 aliphatic heterocycles. The first-order valence-electron chi connectivity index (χ1n) is 10.3. The highest BCUT2D eigenvalue weighted by Crippen LogP contribution is 2.30. The SMILES string of the molecule is C.CN1CCCN(Cc2sc(C(=O)CCc3ccc4c(N)nccc4c3)cc2Cl)CC1. The van der Waals surface area contributed by atoms with Crippen molar-refractivity contribution in [1.29, 1.82) is 0 Å². The van der Waals surface area contributed by atoms with Crippen LogP contribution in [-0.2, 0) is 13.0 Å². The Morgan fingerprint density at radius 1 is 1.19 bits per heavy atom. The molecule has 1 fully saturated rings. The number of thiophene rings is 1. The molecule has 1 aliphatic rings. The van der Waals surface area contributed by atoms with Crippen LogP contribution in [0, 0.1) is 0 Å². The minimum Gasteiger partial charge on any atom is -0.383 e. The Labute approximate surface area is 193 Å². The Bertz CT molecular complexity index is 1050. The number of hydrogen-bond donors (Lipinski definition) is 1. The van der Waals surface area contributed by atoms with Gasteiger partial charge in [0.15, 0.2) is 5.78 Å². The summed E-state index contributed by atoms with van der Waals surface area (Å²) in [5, 5.41) is 2.72. The second-order valence-electron chi connectivity index (χ2n) is 7.99. The van der Waals surface area contributed by atoms with Gasteiger partial charge in [-0.25, -0.2) is 4.98 Å². The van der Waals surface area contributed by atoms with E-state index in [4.69, 9.17) is 17.3 Å². The number of aromatic nitrogens is 1. The van der Waals surface area contributed by atoms with Gasteiger partial charge in [0.2, 0.25) is 0 Å². The molecule has 2 N–H and O–H groups in total. The lowest BCUT2D eigenvalue weighted by atomic mass is 10.0. The number of nitrogen functional groups attached to an aromatic ring is 1. The van der Waals surface area contributed by atoms with Gasteiger partial charge in [0.25, 0.3) is 0 Å². The molecule has 0 aliphatic carbocycles. The number of anilines is 1. The second kappa shape index (κ2) is 10.6. The van der Waals surface area contributed by atoms with E-state index in [-0.39, 0.29) is 13.2 Å². The van der Waals surface area contributed by atoms with Gasteiger partial charge in [0.1, 0.15) is 5.82 Å². The smallest absolute Gasteiger partial charge is 0.173 e. The van der Waals surface area contributed by atoms with Gasteiger partial charge in [-0.2, -0.15) is 0 Å². The molecule has 0 radical (unpaired) electrons. The number of hydrogen-bond acceptors (Lipinski definition) is 6. The van der Waals surface area contributed by atoms with Gasteiger partial charge in [-0.15, -0.1) is 11.3 Å². The van der Waals surface area contributed by atoms with Gasteiger partial charge in [-0.05, 0) is 56.1 Å². The largest absolute Gasteiger partial charge is 0.383 e. The van der Waals surface area contributed by atoms with E-state index >= 15 is 0 Å². The number of rotatable bonds is 6. The number of nitrogens with two attached hydrogens (primary N) is 1. The summed E-state index contributed by atoms with van der Waals surface area (Å²) < 4.78 is 0. The van der Waals surface area contributed by atoms with Gasteiger partial charge < -0.3 is 10.6 Å². The molecule has 31 heavy (non-hydrogen) atoms. The van der Waals surface area contributed by atoms with Crippen molar-refractivity contribution >= 4 is 45.3 Å². The van der Waals surface area contributed by atoms with Crippen molar-refractivity contribution in [2.45, 2.75) is 33.2 Å². The molecule has 1 aromatic carbocycles. The standard InChI is InChI=1S/C23H27ClN4OS.CH4/c1-27-9-2-10-28(12-11-27)15-22-19(24)14-21(30-22)20(29)6-4-16-3-5-18-17(13-16)7-8-26-23(18)25;/h3,5,7-8,13-14H,2,4,6,9-12,15H2,1H3,(H2,25,26);1H4. The van der Waals surface area contributed by atoms with Crippen LogP contribution in [0.2, 0.25) is 5.02 Å². The summed E-state index contributed by atoms with van der Waals surface area (Å²) in [6, 6.07) is 9.89. The number of Topliss-reactive ketones (excluding diaryl/α,β-unsaturated/α-hetero) is 1. The lowest BCUT2D eigenvalue weighted by Gasteiger charge is -2.19. The van der Waals surface area contributed by atoms with Crippen LogP contribution in [0.5, 0.6) is 0 Å². The Kier molecular flexibility index (Phi) is 8.06. The molecule has 5 nitrogen and oxygen atoms in total. The molecule has 166 valence electrons. The monoisotopic (exact) mass is 458 g/mol. The molecule has 1 saturated heterocycles. The molecule has 0 atom stereocenters. The maximum Gasteiger partial charge on any atom is 0.173 e. The van der Waals surface area contributed by atoms with Crippen LogP contribution >= 0.6 is 22.9 Å². The quantitative estimate of drug-likeness (QED) is 0.519. The van der Waals surface area contributed by atoms with Crippen LogP contribution in [0.25, 0.3) is 10.8 Å². The van der Waals surface area contributed by atoms with Crippen LogP contribution < -0.4 is 5.73 Å². The maximum atomic E-state index is 12.8. The van der Waals surface area contributed by atoms with Crippen molar-refractivity contribution in [3.05, 3.63) is 56.9 Å². The lowest BCUT2D eigenvalue weighted by molar-refractivity contribution is 0.0986. The minimum absolute atomic E-state index is 0. The van der Waals surface area contributed by atoms with Crippen molar-refractivity contribution in [1.82, 2.24) is 14.8 Å². The van der Waals surface area contributed by atoms with E-state index in [1.807, 2.05) is 24.3 Å². The van der Waals surface area contributed by atoms with E-state index in [1.54, 1.807) is 17.5 Å².